The van der Waals surface area contributed by atoms with E-state index in [2.05, 4.69) is 0 Å². The molecule has 1 N–H and O–H groups in total. The number of benzene rings is 2. The minimum absolute atomic E-state index is 0.365. The molecule has 2 aromatic carbocycles. The maximum Gasteiger partial charge on any atom is 0.331 e. The summed E-state index contributed by atoms with van der Waals surface area (Å²) in [6.07, 6.45) is 2.00. The van der Waals surface area contributed by atoms with Crippen molar-refractivity contribution >= 4 is 16.7 Å². The van der Waals surface area contributed by atoms with Crippen molar-refractivity contribution in [3.63, 3.8) is 0 Å². The molecule has 0 aliphatic carbocycles. The first-order chi connectivity index (χ1) is 9.20. The normalized spacial score (nSPS) is 11.5. The van der Waals surface area contributed by atoms with Gasteiger partial charge >= 0.3 is 5.97 Å². The number of aliphatic carboxylic acids is 1. The summed E-state index contributed by atoms with van der Waals surface area (Å²) in [5.74, 6) is -0.121. The maximum absolute atomic E-state index is 10.8. The SMILES string of the molecule is CC=C(CCOc1ccc2ccccc2c1)C(=O)O. The van der Waals surface area contributed by atoms with Crippen LogP contribution in [0.5, 0.6) is 5.75 Å². The van der Waals surface area contributed by atoms with Gasteiger partial charge < -0.3 is 9.84 Å². The number of rotatable bonds is 5. The minimum Gasteiger partial charge on any atom is -0.493 e. The van der Waals surface area contributed by atoms with Crippen molar-refractivity contribution in [1.82, 2.24) is 0 Å². The zero-order valence-corrected chi connectivity index (χ0v) is 10.8. The molecule has 0 atom stereocenters. The molecule has 0 radical (unpaired) electrons. The van der Waals surface area contributed by atoms with E-state index in [4.69, 9.17) is 9.84 Å². The third-order valence-corrected chi connectivity index (χ3v) is 2.98. The van der Waals surface area contributed by atoms with E-state index < -0.39 is 5.97 Å². The van der Waals surface area contributed by atoms with E-state index in [0.29, 0.717) is 18.6 Å². The van der Waals surface area contributed by atoms with Gasteiger partial charge in [0, 0.05) is 12.0 Å². The van der Waals surface area contributed by atoms with E-state index in [9.17, 15) is 4.79 Å². The lowest BCUT2D eigenvalue weighted by Gasteiger charge is -2.07. The van der Waals surface area contributed by atoms with Gasteiger partial charge in [0.2, 0.25) is 0 Å². The number of fused-ring (bicyclic) bond motifs is 1. The molecule has 3 nitrogen and oxygen atoms in total. The summed E-state index contributed by atoms with van der Waals surface area (Å²) in [4.78, 5) is 10.8. The Balaban J connectivity index is 2.00. The highest BCUT2D eigenvalue weighted by Gasteiger charge is 2.05. The van der Waals surface area contributed by atoms with Crippen LogP contribution in [0.1, 0.15) is 13.3 Å². The van der Waals surface area contributed by atoms with Crippen LogP contribution >= 0.6 is 0 Å². The van der Waals surface area contributed by atoms with Gasteiger partial charge in [-0.3, -0.25) is 0 Å². The van der Waals surface area contributed by atoms with Crippen LogP contribution in [0.4, 0.5) is 0 Å². The van der Waals surface area contributed by atoms with E-state index >= 15 is 0 Å². The fourth-order valence-corrected chi connectivity index (χ4v) is 1.91. The molecule has 0 heterocycles. The second kappa shape index (κ2) is 6.05. The predicted octanol–water partition coefficient (Wildman–Crippen LogP) is 3.64. The molecule has 0 amide bonds. The number of hydrogen-bond donors (Lipinski definition) is 1. The number of ether oxygens (including phenoxy) is 1. The van der Waals surface area contributed by atoms with Crippen LogP contribution in [0.3, 0.4) is 0 Å². The van der Waals surface area contributed by atoms with Gasteiger partial charge in [-0.2, -0.15) is 0 Å². The molecule has 0 aliphatic rings. The fourth-order valence-electron chi connectivity index (χ4n) is 1.91. The molecule has 0 unspecified atom stereocenters. The van der Waals surface area contributed by atoms with Gasteiger partial charge in [-0.1, -0.05) is 36.4 Å². The van der Waals surface area contributed by atoms with Crippen LogP contribution in [0, 0.1) is 0 Å². The van der Waals surface area contributed by atoms with E-state index in [0.717, 1.165) is 16.5 Å². The standard InChI is InChI=1S/C16H16O3/c1-2-12(16(17)18)9-10-19-15-8-7-13-5-3-4-6-14(13)11-15/h2-8,11H,9-10H2,1H3,(H,17,18). The Labute approximate surface area is 112 Å². The molecule has 0 saturated heterocycles. The molecule has 0 aliphatic heterocycles. The van der Waals surface area contributed by atoms with Crippen molar-refractivity contribution in [2.24, 2.45) is 0 Å². The molecule has 2 rings (SSSR count). The summed E-state index contributed by atoms with van der Waals surface area (Å²) in [6.45, 7) is 2.09. The lowest BCUT2D eigenvalue weighted by atomic mass is 10.1. The molecule has 2 aromatic rings. The summed E-state index contributed by atoms with van der Waals surface area (Å²) >= 11 is 0. The fraction of sp³-hybridized carbons (Fsp3) is 0.188. The monoisotopic (exact) mass is 256 g/mol. The Morgan fingerprint density at radius 3 is 2.63 bits per heavy atom. The number of carboxylic acids is 1. The van der Waals surface area contributed by atoms with Gasteiger partial charge in [-0.15, -0.1) is 0 Å². The van der Waals surface area contributed by atoms with Crippen molar-refractivity contribution in [3.8, 4) is 5.75 Å². The van der Waals surface area contributed by atoms with Gasteiger partial charge in [-0.05, 0) is 29.8 Å². The van der Waals surface area contributed by atoms with E-state index in [1.165, 1.54) is 0 Å². The largest absolute Gasteiger partial charge is 0.493 e. The molecule has 0 bridgehead atoms. The highest BCUT2D eigenvalue weighted by Crippen LogP contribution is 2.20. The Hall–Kier alpha value is -2.29. The molecular formula is C16H16O3. The van der Waals surface area contributed by atoms with Crippen LogP contribution in [-0.2, 0) is 4.79 Å². The molecule has 0 aromatic heterocycles. The predicted molar refractivity (Wildman–Crippen MR) is 75.5 cm³/mol. The highest BCUT2D eigenvalue weighted by molar-refractivity contribution is 5.86. The lowest BCUT2D eigenvalue weighted by molar-refractivity contribution is -0.132. The number of carboxylic acid groups (broad SMARTS) is 1. The molecule has 0 saturated carbocycles. The van der Waals surface area contributed by atoms with Gasteiger partial charge in [-0.25, -0.2) is 4.79 Å². The van der Waals surface area contributed by atoms with Crippen molar-refractivity contribution < 1.29 is 14.6 Å². The summed E-state index contributed by atoms with van der Waals surface area (Å²) < 4.78 is 5.59. The van der Waals surface area contributed by atoms with E-state index in [1.54, 1.807) is 13.0 Å². The van der Waals surface area contributed by atoms with Gasteiger partial charge in [0.05, 0.1) is 6.61 Å². The number of allylic oxidation sites excluding steroid dienone is 1. The Morgan fingerprint density at radius 1 is 1.21 bits per heavy atom. The van der Waals surface area contributed by atoms with Crippen LogP contribution in [0.25, 0.3) is 10.8 Å². The first-order valence-corrected chi connectivity index (χ1v) is 6.21. The summed E-state index contributed by atoms with van der Waals surface area (Å²) in [5, 5.41) is 11.2. The Morgan fingerprint density at radius 2 is 1.95 bits per heavy atom. The quantitative estimate of drug-likeness (QED) is 0.831. The van der Waals surface area contributed by atoms with Crippen LogP contribution < -0.4 is 4.74 Å². The molecule has 0 spiro atoms. The summed E-state index contributed by atoms with van der Waals surface area (Å²) in [7, 11) is 0. The molecule has 3 heteroatoms. The minimum atomic E-state index is -0.885. The zero-order valence-electron chi connectivity index (χ0n) is 10.8. The van der Waals surface area contributed by atoms with Crippen LogP contribution in [0.15, 0.2) is 54.1 Å². The molecule has 19 heavy (non-hydrogen) atoms. The van der Waals surface area contributed by atoms with Crippen molar-refractivity contribution in [2.75, 3.05) is 6.61 Å². The summed E-state index contributed by atoms with van der Waals surface area (Å²) in [6, 6.07) is 13.9. The third kappa shape index (κ3) is 3.35. The first kappa shape index (κ1) is 13.1. The van der Waals surface area contributed by atoms with Gasteiger partial charge in [0.15, 0.2) is 0 Å². The molecular weight excluding hydrogens is 240 g/mol. The number of hydrogen-bond acceptors (Lipinski definition) is 2. The van der Waals surface area contributed by atoms with Crippen LogP contribution in [0.2, 0.25) is 0 Å². The van der Waals surface area contributed by atoms with Crippen molar-refractivity contribution in [3.05, 3.63) is 54.1 Å². The van der Waals surface area contributed by atoms with Crippen LogP contribution in [-0.4, -0.2) is 17.7 Å². The summed E-state index contributed by atoms with van der Waals surface area (Å²) in [5.41, 5.74) is 0.376. The average Bonchev–Trinajstić information content (AvgIpc) is 2.43. The van der Waals surface area contributed by atoms with Crippen molar-refractivity contribution in [2.45, 2.75) is 13.3 Å². The first-order valence-electron chi connectivity index (χ1n) is 6.21. The second-order valence-electron chi connectivity index (χ2n) is 4.23. The molecule has 0 fully saturated rings. The second-order valence-corrected chi connectivity index (χ2v) is 4.23. The van der Waals surface area contributed by atoms with E-state index in [-0.39, 0.29) is 0 Å². The topological polar surface area (TPSA) is 46.5 Å². The Bertz CT molecular complexity index is 614. The zero-order chi connectivity index (χ0) is 13.7. The average molecular weight is 256 g/mol. The third-order valence-electron chi connectivity index (χ3n) is 2.98. The van der Waals surface area contributed by atoms with Gasteiger partial charge in [0.1, 0.15) is 5.75 Å². The number of carbonyl (C=O) groups is 1. The highest BCUT2D eigenvalue weighted by atomic mass is 16.5. The molecule has 98 valence electrons. The van der Waals surface area contributed by atoms with Gasteiger partial charge in [0.25, 0.3) is 0 Å². The maximum atomic E-state index is 10.8. The smallest absolute Gasteiger partial charge is 0.331 e. The van der Waals surface area contributed by atoms with Crippen molar-refractivity contribution in [1.29, 1.82) is 0 Å². The Kier molecular flexibility index (Phi) is 4.18. The van der Waals surface area contributed by atoms with E-state index in [1.807, 2.05) is 42.5 Å². The lowest BCUT2D eigenvalue weighted by Crippen LogP contribution is -2.06.